The molecule has 0 unspecified atom stereocenters. The number of hydrogen-bond acceptors (Lipinski definition) is 4. The van der Waals surface area contributed by atoms with Crippen LogP contribution in [-0.4, -0.2) is 25.2 Å². The Balaban J connectivity index is 2.53. The maximum Gasteiger partial charge on any atom is 0.243 e. The molecule has 0 aliphatic carbocycles. The van der Waals surface area contributed by atoms with Crippen molar-refractivity contribution in [2.75, 3.05) is 6.54 Å². The maximum atomic E-state index is 13.0. The Labute approximate surface area is 156 Å². The van der Waals surface area contributed by atoms with Gasteiger partial charge in [0.05, 0.1) is 17.4 Å². The number of benzene rings is 2. The predicted molar refractivity (Wildman–Crippen MR) is 95.0 cm³/mol. The lowest BCUT2D eigenvalue weighted by molar-refractivity contribution is -0.305. The van der Waals surface area contributed by atoms with E-state index in [0.717, 1.165) is 9.87 Å². The Hall–Kier alpha value is -1.60. The molecule has 0 aliphatic heterocycles. The first-order chi connectivity index (χ1) is 11.6. The zero-order chi connectivity index (χ0) is 18.8. The van der Waals surface area contributed by atoms with Gasteiger partial charge in [0, 0.05) is 22.2 Å². The van der Waals surface area contributed by atoms with Gasteiger partial charge in [-0.05, 0) is 43.2 Å². The first kappa shape index (κ1) is 19.7. The summed E-state index contributed by atoms with van der Waals surface area (Å²) in [6.07, 6.45) is 0. The van der Waals surface area contributed by atoms with Crippen LogP contribution in [0.2, 0.25) is 10.0 Å². The number of carbonyl (C=O) groups is 1. The summed E-state index contributed by atoms with van der Waals surface area (Å²) in [5, 5.41) is 11.6. The zero-order valence-electron chi connectivity index (χ0n) is 13.6. The third-order valence-electron chi connectivity index (χ3n) is 3.66. The summed E-state index contributed by atoms with van der Waals surface area (Å²) in [5.74, 6) is -1.52. The van der Waals surface area contributed by atoms with E-state index in [0.29, 0.717) is 11.1 Å². The Morgan fingerprint density at radius 3 is 2.28 bits per heavy atom. The molecule has 0 N–H and O–H groups in total. The number of nitrogens with zero attached hydrogens (tertiary/aromatic N) is 1. The minimum absolute atomic E-state index is 0.0388. The fourth-order valence-electron chi connectivity index (χ4n) is 2.35. The van der Waals surface area contributed by atoms with Crippen molar-refractivity contribution >= 4 is 39.2 Å². The second kappa shape index (κ2) is 7.74. The molecule has 0 saturated carbocycles. The number of halogens is 2. The lowest BCUT2D eigenvalue weighted by atomic mass is 10.2. The number of hydrogen-bond donors (Lipinski definition) is 0. The van der Waals surface area contributed by atoms with Gasteiger partial charge in [-0.1, -0.05) is 41.4 Å². The number of carboxylic acid groups (broad SMARTS) is 1. The van der Waals surface area contributed by atoms with Crippen LogP contribution >= 0.6 is 23.2 Å². The highest BCUT2D eigenvalue weighted by Gasteiger charge is 2.27. The van der Waals surface area contributed by atoms with Gasteiger partial charge in [0.25, 0.3) is 0 Å². The lowest BCUT2D eigenvalue weighted by Gasteiger charge is -2.24. The van der Waals surface area contributed by atoms with Crippen LogP contribution in [0.5, 0.6) is 0 Å². The fraction of sp³-hybridized carbons (Fsp3) is 0.235. The van der Waals surface area contributed by atoms with Crippen LogP contribution in [-0.2, 0) is 21.4 Å². The lowest BCUT2D eigenvalue weighted by Crippen LogP contribution is -2.41. The van der Waals surface area contributed by atoms with Crippen LogP contribution < -0.4 is 5.11 Å². The molecule has 0 amide bonds. The molecule has 25 heavy (non-hydrogen) atoms. The fourth-order valence-corrected chi connectivity index (χ4v) is 4.53. The summed E-state index contributed by atoms with van der Waals surface area (Å²) < 4.78 is 26.8. The first-order valence-electron chi connectivity index (χ1n) is 7.33. The molecule has 0 radical (unpaired) electrons. The van der Waals surface area contributed by atoms with Gasteiger partial charge in [0.2, 0.25) is 10.0 Å². The number of aliphatic carboxylic acids is 1. The molecule has 2 rings (SSSR count). The summed E-state index contributed by atoms with van der Waals surface area (Å²) in [6.45, 7) is 2.32. The highest BCUT2D eigenvalue weighted by molar-refractivity contribution is 7.89. The van der Waals surface area contributed by atoms with E-state index in [1.165, 1.54) is 6.07 Å². The van der Waals surface area contributed by atoms with Crippen molar-refractivity contribution in [3.8, 4) is 0 Å². The number of aryl methyl sites for hydroxylation is 2. The number of rotatable bonds is 6. The van der Waals surface area contributed by atoms with E-state index in [2.05, 4.69) is 0 Å². The summed E-state index contributed by atoms with van der Waals surface area (Å²) in [6, 6.07) is 9.69. The van der Waals surface area contributed by atoms with E-state index in [1.54, 1.807) is 44.2 Å². The van der Waals surface area contributed by atoms with Gasteiger partial charge >= 0.3 is 0 Å². The molecule has 2 aromatic rings. The predicted octanol–water partition coefficient (Wildman–Crippen LogP) is 2.55. The van der Waals surface area contributed by atoms with E-state index < -0.39 is 22.5 Å². The molecule has 8 heteroatoms. The van der Waals surface area contributed by atoms with Crippen LogP contribution in [0.25, 0.3) is 0 Å². The minimum Gasteiger partial charge on any atom is -0.549 e. The summed E-state index contributed by atoms with van der Waals surface area (Å²) >= 11 is 12.2. The van der Waals surface area contributed by atoms with Crippen molar-refractivity contribution < 1.29 is 18.3 Å². The van der Waals surface area contributed by atoms with Gasteiger partial charge in [-0.3, -0.25) is 0 Å². The van der Waals surface area contributed by atoms with E-state index in [-0.39, 0.29) is 21.5 Å². The van der Waals surface area contributed by atoms with Crippen molar-refractivity contribution in [2.45, 2.75) is 25.3 Å². The Kier molecular flexibility index (Phi) is 6.11. The van der Waals surface area contributed by atoms with Crippen LogP contribution in [0.4, 0.5) is 0 Å². The third-order valence-corrected chi connectivity index (χ3v) is 6.30. The van der Waals surface area contributed by atoms with Gasteiger partial charge < -0.3 is 9.90 Å². The van der Waals surface area contributed by atoms with Gasteiger partial charge in [0.1, 0.15) is 0 Å². The van der Waals surface area contributed by atoms with E-state index in [4.69, 9.17) is 23.2 Å². The molecule has 0 bridgehead atoms. The molecule has 0 aliphatic rings. The Morgan fingerprint density at radius 1 is 1.12 bits per heavy atom. The Morgan fingerprint density at radius 2 is 1.72 bits per heavy atom. The number of carboxylic acids is 1. The van der Waals surface area contributed by atoms with Gasteiger partial charge in [0.15, 0.2) is 0 Å². The summed E-state index contributed by atoms with van der Waals surface area (Å²) in [7, 11) is -4.09. The van der Waals surface area contributed by atoms with E-state index in [9.17, 15) is 18.3 Å². The van der Waals surface area contributed by atoms with Crippen molar-refractivity contribution in [2.24, 2.45) is 0 Å². The van der Waals surface area contributed by atoms with Gasteiger partial charge in [-0.15, -0.1) is 0 Å². The molecule has 0 atom stereocenters. The molecule has 2 aromatic carbocycles. The summed E-state index contributed by atoms with van der Waals surface area (Å²) in [5.41, 5.74) is 1.59. The standard InChI is InChI=1S/C17H17Cl2NO4S/c1-11-6-7-12(2)16(8-11)25(23,24)20(10-17(21)22)9-13-14(18)4-3-5-15(13)19/h3-8H,9-10H2,1-2H3,(H,21,22)/p-1. The Bertz CT molecular complexity index is 893. The second-order valence-electron chi connectivity index (χ2n) is 5.61. The second-order valence-corrected chi connectivity index (χ2v) is 8.34. The topological polar surface area (TPSA) is 77.5 Å². The van der Waals surface area contributed by atoms with Crippen molar-refractivity contribution in [1.82, 2.24) is 4.31 Å². The largest absolute Gasteiger partial charge is 0.549 e. The van der Waals surface area contributed by atoms with Gasteiger partial charge in [-0.2, -0.15) is 4.31 Å². The van der Waals surface area contributed by atoms with Crippen molar-refractivity contribution in [3.05, 3.63) is 63.1 Å². The average molecular weight is 401 g/mol. The molecule has 0 saturated heterocycles. The quantitative estimate of drug-likeness (QED) is 0.746. The highest BCUT2D eigenvalue weighted by atomic mass is 35.5. The molecule has 0 heterocycles. The van der Waals surface area contributed by atoms with E-state index in [1.807, 2.05) is 0 Å². The maximum absolute atomic E-state index is 13.0. The van der Waals surface area contributed by atoms with Gasteiger partial charge in [-0.25, -0.2) is 8.42 Å². The van der Waals surface area contributed by atoms with Crippen LogP contribution in [0, 0.1) is 13.8 Å². The monoisotopic (exact) mass is 400 g/mol. The summed E-state index contributed by atoms with van der Waals surface area (Å²) in [4.78, 5) is 11.2. The van der Waals surface area contributed by atoms with Crippen LogP contribution in [0.1, 0.15) is 16.7 Å². The third kappa shape index (κ3) is 4.52. The number of carbonyl (C=O) groups excluding carboxylic acids is 1. The molecule has 134 valence electrons. The average Bonchev–Trinajstić information content (AvgIpc) is 2.51. The van der Waals surface area contributed by atoms with Crippen molar-refractivity contribution in [1.29, 1.82) is 0 Å². The minimum atomic E-state index is -4.09. The first-order valence-corrected chi connectivity index (χ1v) is 9.52. The normalized spacial score (nSPS) is 11.7. The molecular weight excluding hydrogens is 385 g/mol. The SMILES string of the molecule is Cc1ccc(C)c(S(=O)(=O)N(CC(=O)[O-])Cc2c(Cl)cccc2Cl)c1. The molecule has 0 aromatic heterocycles. The number of sulfonamides is 1. The molecule has 0 spiro atoms. The van der Waals surface area contributed by atoms with Crippen molar-refractivity contribution in [3.63, 3.8) is 0 Å². The molecule has 5 nitrogen and oxygen atoms in total. The molecular formula is C17H16Cl2NO4S-. The van der Waals surface area contributed by atoms with Crippen LogP contribution in [0.3, 0.4) is 0 Å². The van der Waals surface area contributed by atoms with E-state index >= 15 is 0 Å². The zero-order valence-corrected chi connectivity index (χ0v) is 16.0. The van der Waals surface area contributed by atoms with Crippen LogP contribution in [0.15, 0.2) is 41.3 Å². The smallest absolute Gasteiger partial charge is 0.243 e. The molecule has 0 fully saturated rings. The highest BCUT2D eigenvalue weighted by Crippen LogP contribution is 2.29.